The molecule has 0 heterocycles. The SMILES string of the molecule is CC(C)NC(=O)N[C@H](C)c1ccc(Cl)cc1Cl. The van der Waals surface area contributed by atoms with E-state index in [1.54, 1.807) is 12.1 Å². The van der Waals surface area contributed by atoms with Gasteiger partial charge in [0.2, 0.25) is 0 Å². The number of hydrogen-bond acceptors (Lipinski definition) is 1. The summed E-state index contributed by atoms with van der Waals surface area (Å²) >= 11 is 11.9. The molecular weight excluding hydrogens is 259 g/mol. The lowest BCUT2D eigenvalue weighted by Gasteiger charge is -2.17. The van der Waals surface area contributed by atoms with Crippen molar-refractivity contribution in [3.63, 3.8) is 0 Å². The van der Waals surface area contributed by atoms with Gasteiger partial charge >= 0.3 is 6.03 Å². The van der Waals surface area contributed by atoms with E-state index < -0.39 is 0 Å². The van der Waals surface area contributed by atoms with Crippen LogP contribution in [0.25, 0.3) is 0 Å². The third-order valence-electron chi connectivity index (χ3n) is 2.20. The molecule has 0 aromatic heterocycles. The van der Waals surface area contributed by atoms with Crippen LogP contribution in [0.1, 0.15) is 32.4 Å². The van der Waals surface area contributed by atoms with Crippen LogP contribution < -0.4 is 10.6 Å². The van der Waals surface area contributed by atoms with Crippen molar-refractivity contribution in [2.24, 2.45) is 0 Å². The molecule has 1 rings (SSSR count). The molecule has 0 radical (unpaired) electrons. The van der Waals surface area contributed by atoms with E-state index in [-0.39, 0.29) is 18.1 Å². The smallest absolute Gasteiger partial charge is 0.315 e. The number of carbonyl (C=O) groups is 1. The molecule has 3 nitrogen and oxygen atoms in total. The molecule has 2 amide bonds. The first-order chi connectivity index (χ1) is 7.90. The maximum Gasteiger partial charge on any atom is 0.315 e. The maximum absolute atomic E-state index is 11.5. The summed E-state index contributed by atoms with van der Waals surface area (Å²) in [6.45, 7) is 5.67. The minimum atomic E-state index is -0.210. The Bertz CT molecular complexity index is 407. The Balaban J connectivity index is 2.69. The Morgan fingerprint density at radius 1 is 1.18 bits per heavy atom. The van der Waals surface area contributed by atoms with Gasteiger partial charge in [0.15, 0.2) is 0 Å². The standard InChI is InChI=1S/C12H16Cl2N2O/c1-7(2)15-12(17)16-8(3)10-5-4-9(13)6-11(10)14/h4-8H,1-3H3,(H2,15,16,17)/t8-/m1/s1. The van der Waals surface area contributed by atoms with E-state index in [1.807, 2.05) is 26.8 Å². The zero-order valence-electron chi connectivity index (χ0n) is 10.1. The second-order valence-corrected chi connectivity index (χ2v) is 5.00. The Morgan fingerprint density at radius 3 is 2.35 bits per heavy atom. The van der Waals surface area contributed by atoms with Crippen molar-refractivity contribution < 1.29 is 4.79 Å². The minimum absolute atomic E-state index is 0.0999. The van der Waals surface area contributed by atoms with Crippen LogP contribution in [0.5, 0.6) is 0 Å². The quantitative estimate of drug-likeness (QED) is 0.866. The van der Waals surface area contributed by atoms with Gasteiger partial charge in [-0.2, -0.15) is 0 Å². The number of halogens is 2. The van der Waals surface area contributed by atoms with Gasteiger partial charge in [0.05, 0.1) is 6.04 Å². The topological polar surface area (TPSA) is 41.1 Å². The van der Waals surface area contributed by atoms with Gasteiger partial charge in [0.25, 0.3) is 0 Å². The van der Waals surface area contributed by atoms with Crippen LogP contribution in [0.15, 0.2) is 18.2 Å². The molecular formula is C12H16Cl2N2O. The van der Waals surface area contributed by atoms with Crippen LogP contribution in [-0.2, 0) is 0 Å². The second-order valence-electron chi connectivity index (χ2n) is 4.16. The van der Waals surface area contributed by atoms with E-state index in [0.717, 1.165) is 5.56 Å². The molecule has 94 valence electrons. The number of rotatable bonds is 3. The fourth-order valence-electron chi connectivity index (χ4n) is 1.43. The summed E-state index contributed by atoms with van der Waals surface area (Å²) in [4.78, 5) is 11.5. The molecule has 0 aliphatic heterocycles. The van der Waals surface area contributed by atoms with Crippen LogP contribution in [-0.4, -0.2) is 12.1 Å². The summed E-state index contributed by atoms with van der Waals surface area (Å²) in [5.41, 5.74) is 0.843. The van der Waals surface area contributed by atoms with Gasteiger partial charge in [0.1, 0.15) is 0 Å². The summed E-state index contributed by atoms with van der Waals surface area (Å²) in [5, 5.41) is 6.70. The number of hydrogen-bond donors (Lipinski definition) is 2. The van der Waals surface area contributed by atoms with Gasteiger partial charge in [-0.3, -0.25) is 0 Å². The fraction of sp³-hybridized carbons (Fsp3) is 0.417. The number of amides is 2. The van der Waals surface area contributed by atoms with Crippen molar-refractivity contribution in [3.05, 3.63) is 33.8 Å². The molecule has 17 heavy (non-hydrogen) atoms. The molecule has 1 aromatic rings. The van der Waals surface area contributed by atoms with E-state index in [0.29, 0.717) is 10.0 Å². The largest absolute Gasteiger partial charge is 0.336 e. The first kappa shape index (κ1) is 14.1. The Kier molecular flexibility index (Phi) is 5.09. The Hall–Kier alpha value is -0.930. The highest BCUT2D eigenvalue weighted by Crippen LogP contribution is 2.25. The highest BCUT2D eigenvalue weighted by Gasteiger charge is 2.13. The minimum Gasteiger partial charge on any atom is -0.336 e. The molecule has 0 saturated heterocycles. The molecule has 0 unspecified atom stereocenters. The molecule has 0 aliphatic rings. The van der Waals surface area contributed by atoms with Crippen LogP contribution in [0.3, 0.4) is 0 Å². The number of carbonyl (C=O) groups excluding carboxylic acids is 1. The highest BCUT2D eigenvalue weighted by molar-refractivity contribution is 6.35. The van der Waals surface area contributed by atoms with Crippen molar-refractivity contribution in [3.8, 4) is 0 Å². The molecule has 1 aromatic carbocycles. The van der Waals surface area contributed by atoms with Gasteiger partial charge in [-0.25, -0.2) is 4.79 Å². The first-order valence-electron chi connectivity index (χ1n) is 5.42. The molecule has 0 fully saturated rings. The molecule has 1 atom stereocenters. The lowest BCUT2D eigenvalue weighted by Crippen LogP contribution is -2.40. The number of nitrogens with one attached hydrogen (secondary N) is 2. The monoisotopic (exact) mass is 274 g/mol. The van der Waals surface area contributed by atoms with Gasteiger partial charge in [-0.15, -0.1) is 0 Å². The highest BCUT2D eigenvalue weighted by atomic mass is 35.5. The van der Waals surface area contributed by atoms with E-state index in [4.69, 9.17) is 23.2 Å². The third-order valence-corrected chi connectivity index (χ3v) is 2.76. The molecule has 0 bridgehead atoms. The van der Waals surface area contributed by atoms with Crippen molar-refractivity contribution in [2.45, 2.75) is 32.9 Å². The average molecular weight is 275 g/mol. The van der Waals surface area contributed by atoms with Gasteiger partial charge in [0, 0.05) is 16.1 Å². The van der Waals surface area contributed by atoms with Crippen molar-refractivity contribution >= 4 is 29.2 Å². The summed E-state index contributed by atoms with van der Waals surface area (Å²) < 4.78 is 0. The summed E-state index contributed by atoms with van der Waals surface area (Å²) in [6.07, 6.45) is 0. The van der Waals surface area contributed by atoms with E-state index in [1.165, 1.54) is 0 Å². The van der Waals surface area contributed by atoms with E-state index in [9.17, 15) is 4.79 Å². The van der Waals surface area contributed by atoms with Crippen molar-refractivity contribution in [2.75, 3.05) is 0 Å². The lowest BCUT2D eigenvalue weighted by atomic mass is 10.1. The number of urea groups is 1. The lowest BCUT2D eigenvalue weighted by molar-refractivity contribution is 0.235. The summed E-state index contributed by atoms with van der Waals surface area (Å²) in [6, 6.07) is 4.95. The Labute approximate surface area is 111 Å². The van der Waals surface area contributed by atoms with Gasteiger partial charge < -0.3 is 10.6 Å². The van der Waals surface area contributed by atoms with E-state index in [2.05, 4.69) is 10.6 Å². The number of benzene rings is 1. The zero-order chi connectivity index (χ0) is 13.0. The van der Waals surface area contributed by atoms with Crippen LogP contribution in [0, 0.1) is 0 Å². The third kappa shape index (κ3) is 4.44. The van der Waals surface area contributed by atoms with Crippen LogP contribution in [0.2, 0.25) is 10.0 Å². The second kappa shape index (κ2) is 6.12. The van der Waals surface area contributed by atoms with Crippen molar-refractivity contribution in [1.29, 1.82) is 0 Å². The molecule has 0 spiro atoms. The molecule has 2 N–H and O–H groups in total. The fourth-order valence-corrected chi connectivity index (χ4v) is 2.00. The van der Waals surface area contributed by atoms with Gasteiger partial charge in [-0.05, 0) is 38.5 Å². The molecule has 0 saturated carbocycles. The molecule has 0 aliphatic carbocycles. The normalized spacial score (nSPS) is 12.4. The van der Waals surface area contributed by atoms with Gasteiger partial charge in [-0.1, -0.05) is 29.3 Å². The predicted octanol–water partition coefficient (Wildman–Crippen LogP) is 3.76. The average Bonchev–Trinajstić information content (AvgIpc) is 2.15. The Morgan fingerprint density at radius 2 is 1.82 bits per heavy atom. The maximum atomic E-state index is 11.5. The summed E-state index contributed by atoms with van der Waals surface area (Å²) in [5.74, 6) is 0. The van der Waals surface area contributed by atoms with Crippen LogP contribution in [0.4, 0.5) is 4.79 Å². The molecule has 5 heteroatoms. The summed E-state index contributed by atoms with van der Waals surface area (Å²) in [7, 11) is 0. The zero-order valence-corrected chi connectivity index (χ0v) is 11.6. The predicted molar refractivity (Wildman–Crippen MR) is 71.7 cm³/mol. The van der Waals surface area contributed by atoms with E-state index >= 15 is 0 Å². The first-order valence-corrected chi connectivity index (χ1v) is 6.17. The van der Waals surface area contributed by atoms with Crippen molar-refractivity contribution in [1.82, 2.24) is 10.6 Å². The van der Waals surface area contributed by atoms with Crippen LogP contribution >= 0.6 is 23.2 Å².